The van der Waals surface area contributed by atoms with Crippen molar-refractivity contribution >= 4 is 27.8 Å². The molecule has 4 nitrogen and oxygen atoms in total. The number of nitrogens with one attached hydrogen (secondary N) is 1. The molecule has 1 amide bonds. The Labute approximate surface area is 115 Å². The van der Waals surface area contributed by atoms with Gasteiger partial charge in [0.15, 0.2) is 0 Å². The van der Waals surface area contributed by atoms with Crippen LogP contribution in [0.3, 0.4) is 0 Å². The zero-order valence-electron chi connectivity index (χ0n) is 10.3. The Morgan fingerprint density at radius 2 is 2.11 bits per heavy atom. The lowest BCUT2D eigenvalue weighted by Crippen LogP contribution is -2.45. The maximum Gasteiger partial charge on any atom is 0.326 e. The van der Waals surface area contributed by atoms with Crippen molar-refractivity contribution in [2.45, 2.75) is 26.3 Å². The van der Waals surface area contributed by atoms with Gasteiger partial charge in [0.25, 0.3) is 5.91 Å². The Morgan fingerprint density at radius 1 is 1.44 bits per heavy atom. The van der Waals surface area contributed by atoms with E-state index in [0.29, 0.717) is 12.0 Å². The smallest absolute Gasteiger partial charge is 0.326 e. The van der Waals surface area contributed by atoms with Crippen LogP contribution in [0, 0.1) is 5.92 Å². The molecule has 0 fully saturated rings. The van der Waals surface area contributed by atoms with Crippen LogP contribution < -0.4 is 5.32 Å². The molecule has 0 saturated heterocycles. The summed E-state index contributed by atoms with van der Waals surface area (Å²) in [6.45, 7) is 3.70. The summed E-state index contributed by atoms with van der Waals surface area (Å²) in [6, 6.07) is 5.99. The van der Waals surface area contributed by atoms with Gasteiger partial charge in [0.1, 0.15) is 6.04 Å². The number of halogens is 1. The largest absolute Gasteiger partial charge is 0.480 e. The van der Waals surface area contributed by atoms with E-state index in [1.807, 2.05) is 6.92 Å². The average Bonchev–Trinajstić information content (AvgIpc) is 2.34. The predicted molar refractivity (Wildman–Crippen MR) is 72.5 cm³/mol. The minimum Gasteiger partial charge on any atom is -0.480 e. The molecule has 0 bridgehead atoms. The molecule has 1 aromatic carbocycles. The Hall–Kier alpha value is -1.36. The molecule has 2 atom stereocenters. The first kappa shape index (κ1) is 14.7. The number of aliphatic carboxylic acids is 1. The van der Waals surface area contributed by atoms with Crippen LogP contribution in [0.4, 0.5) is 0 Å². The van der Waals surface area contributed by atoms with Crippen molar-refractivity contribution in [3.05, 3.63) is 34.3 Å². The van der Waals surface area contributed by atoms with Crippen LogP contribution in [-0.4, -0.2) is 23.0 Å². The van der Waals surface area contributed by atoms with Crippen LogP contribution >= 0.6 is 15.9 Å². The molecule has 1 rings (SSSR count). The minimum atomic E-state index is -1.01. The first-order valence-electron chi connectivity index (χ1n) is 5.75. The molecule has 98 valence electrons. The van der Waals surface area contributed by atoms with E-state index in [1.165, 1.54) is 0 Å². The van der Waals surface area contributed by atoms with Crippen LogP contribution in [0.25, 0.3) is 0 Å². The molecule has 0 radical (unpaired) electrons. The lowest BCUT2D eigenvalue weighted by Gasteiger charge is -2.20. The van der Waals surface area contributed by atoms with Crippen LogP contribution in [0.15, 0.2) is 28.7 Å². The summed E-state index contributed by atoms with van der Waals surface area (Å²) in [5, 5.41) is 11.7. The van der Waals surface area contributed by atoms with Crippen molar-refractivity contribution in [1.82, 2.24) is 5.32 Å². The predicted octanol–water partition coefficient (Wildman–Crippen LogP) is 2.68. The van der Waals surface area contributed by atoms with E-state index in [-0.39, 0.29) is 11.8 Å². The van der Waals surface area contributed by atoms with Crippen LogP contribution in [-0.2, 0) is 4.79 Å². The van der Waals surface area contributed by atoms with E-state index in [9.17, 15) is 9.59 Å². The summed E-state index contributed by atoms with van der Waals surface area (Å²) in [5.74, 6) is -1.49. The summed E-state index contributed by atoms with van der Waals surface area (Å²) in [7, 11) is 0. The van der Waals surface area contributed by atoms with E-state index in [1.54, 1.807) is 31.2 Å². The van der Waals surface area contributed by atoms with Gasteiger partial charge in [-0.2, -0.15) is 0 Å². The van der Waals surface area contributed by atoms with Crippen LogP contribution in [0.1, 0.15) is 30.6 Å². The maximum absolute atomic E-state index is 11.9. The number of benzene rings is 1. The molecule has 0 aliphatic carbocycles. The van der Waals surface area contributed by atoms with Gasteiger partial charge in [-0.05, 0) is 24.1 Å². The highest BCUT2D eigenvalue weighted by Gasteiger charge is 2.25. The van der Waals surface area contributed by atoms with Gasteiger partial charge in [0.05, 0.1) is 0 Å². The second-order valence-corrected chi connectivity index (χ2v) is 5.10. The number of carboxylic acids is 1. The molecule has 18 heavy (non-hydrogen) atoms. The Morgan fingerprint density at radius 3 is 2.61 bits per heavy atom. The number of hydrogen-bond donors (Lipinski definition) is 2. The van der Waals surface area contributed by atoms with Gasteiger partial charge in [-0.3, -0.25) is 4.79 Å². The Bertz CT molecular complexity index is 448. The normalized spacial score (nSPS) is 13.7. The molecule has 1 aromatic rings. The van der Waals surface area contributed by atoms with Gasteiger partial charge < -0.3 is 10.4 Å². The van der Waals surface area contributed by atoms with Crippen molar-refractivity contribution in [1.29, 1.82) is 0 Å². The van der Waals surface area contributed by atoms with E-state index in [4.69, 9.17) is 5.11 Å². The molecule has 0 spiro atoms. The summed E-state index contributed by atoms with van der Waals surface area (Å²) < 4.78 is 0.783. The SMILES string of the molecule is CC[C@@H](C)[C@H](NC(=O)c1cccc(Br)c1)C(=O)O. The van der Waals surface area contributed by atoms with Crippen molar-refractivity contribution in [3.63, 3.8) is 0 Å². The van der Waals surface area contributed by atoms with Crippen molar-refractivity contribution in [2.24, 2.45) is 5.92 Å². The summed E-state index contributed by atoms with van der Waals surface area (Å²) in [4.78, 5) is 23.0. The van der Waals surface area contributed by atoms with E-state index in [0.717, 1.165) is 4.47 Å². The minimum absolute atomic E-state index is 0.112. The van der Waals surface area contributed by atoms with Crippen LogP contribution in [0.5, 0.6) is 0 Å². The standard InChI is InChI=1S/C13H16BrNO3/c1-3-8(2)11(13(17)18)15-12(16)9-5-4-6-10(14)7-9/h4-8,11H,3H2,1-2H3,(H,15,16)(H,17,18)/t8-,11+/m1/s1. The summed E-state index contributed by atoms with van der Waals surface area (Å²) in [6.07, 6.45) is 0.690. The molecular weight excluding hydrogens is 298 g/mol. The number of carbonyl (C=O) groups is 2. The molecule has 0 saturated carbocycles. The molecule has 0 aliphatic heterocycles. The number of carbonyl (C=O) groups excluding carboxylic acids is 1. The Balaban J connectivity index is 2.82. The molecular formula is C13H16BrNO3. The van der Waals surface area contributed by atoms with Crippen molar-refractivity contribution in [3.8, 4) is 0 Å². The zero-order chi connectivity index (χ0) is 13.7. The average molecular weight is 314 g/mol. The highest BCUT2D eigenvalue weighted by Crippen LogP contribution is 2.13. The second-order valence-electron chi connectivity index (χ2n) is 4.19. The van der Waals surface area contributed by atoms with Gasteiger partial charge in [-0.15, -0.1) is 0 Å². The number of hydrogen-bond acceptors (Lipinski definition) is 2. The second kappa shape index (κ2) is 6.54. The lowest BCUT2D eigenvalue weighted by atomic mass is 9.99. The van der Waals surface area contributed by atoms with Gasteiger partial charge in [-0.25, -0.2) is 4.79 Å². The molecule has 0 unspecified atom stereocenters. The Kier molecular flexibility index (Phi) is 5.34. The van der Waals surface area contributed by atoms with Crippen molar-refractivity contribution < 1.29 is 14.7 Å². The van der Waals surface area contributed by atoms with E-state index >= 15 is 0 Å². The lowest BCUT2D eigenvalue weighted by molar-refractivity contribution is -0.140. The number of carboxylic acid groups (broad SMARTS) is 1. The number of amides is 1. The first-order chi connectivity index (χ1) is 8.45. The fourth-order valence-corrected chi connectivity index (χ4v) is 1.94. The summed E-state index contributed by atoms with van der Waals surface area (Å²) in [5.41, 5.74) is 0.443. The third-order valence-electron chi connectivity index (χ3n) is 2.85. The number of rotatable bonds is 5. The highest BCUT2D eigenvalue weighted by molar-refractivity contribution is 9.10. The van der Waals surface area contributed by atoms with Gasteiger partial charge >= 0.3 is 5.97 Å². The fourth-order valence-electron chi connectivity index (χ4n) is 1.54. The molecule has 0 aromatic heterocycles. The van der Waals surface area contributed by atoms with Crippen molar-refractivity contribution in [2.75, 3.05) is 0 Å². The monoisotopic (exact) mass is 313 g/mol. The van der Waals surface area contributed by atoms with E-state index < -0.39 is 12.0 Å². The topological polar surface area (TPSA) is 66.4 Å². The first-order valence-corrected chi connectivity index (χ1v) is 6.54. The molecule has 2 N–H and O–H groups in total. The molecule has 0 heterocycles. The summed E-state index contributed by atoms with van der Waals surface area (Å²) >= 11 is 3.27. The van der Waals surface area contributed by atoms with E-state index in [2.05, 4.69) is 21.2 Å². The van der Waals surface area contributed by atoms with Crippen LogP contribution in [0.2, 0.25) is 0 Å². The van der Waals surface area contributed by atoms with Gasteiger partial charge in [0, 0.05) is 10.0 Å². The van der Waals surface area contributed by atoms with Gasteiger partial charge in [0.2, 0.25) is 0 Å². The highest BCUT2D eigenvalue weighted by atomic mass is 79.9. The van der Waals surface area contributed by atoms with Gasteiger partial charge in [-0.1, -0.05) is 42.3 Å². The molecule has 0 aliphatic rings. The maximum atomic E-state index is 11.9. The fraction of sp³-hybridized carbons (Fsp3) is 0.385. The molecule has 5 heteroatoms. The third kappa shape index (κ3) is 3.84. The zero-order valence-corrected chi connectivity index (χ0v) is 11.9. The third-order valence-corrected chi connectivity index (χ3v) is 3.35. The quantitative estimate of drug-likeness (QED) is 0.878.